The standard InChI is InChI=1S/C23H25NO4/c1-23(2,3)28-22(26)24-16-20-12-8-6-10-18(20)14-13-17-9-5-7-11-19(17)15-21(25)27-4/h5-12H,15-16H2,1-4H3,(H,24,26). The van der Waals surface area contributed by atoms with Crippen molar-refractivity contribution in [2.45, 2.75) is 39.3 Å². The number of rotatable bonds is 4. The maximum atomic E-state index is 11.9. The number of hydrogen-bond acceptors (Lipinski definition) is 4. The van der Waals surface area contributed by atoms with Gasteiger partial charge in [-0.2, -0.15) is 0 Å². The van der Waals surface area contributed by atoms with Gasteiger partial charge < -0.3 is 14.8 Å². The molecule has 0 aromatic heterocycles. The number of carbonyl (C=O) groups excluding carboxylic acids is 2. The van der Waals surface area contributed by atoms with Gasteiger partial charge in [0.15, 0.2) is 0 Å². The van der Waals surface area contributed by atoms with Gasteiger partial charge in [0.05, 0.1) is 13.5 Å². The third kappa shape index (κ3) is 6.81. The van der Waals surface area contributed by atoms with Crippen molar-refractivity contribution in [2.24, 2.45) is 0 Å². The first-order valence-electron chi connectivity index (χ1n) is 9.00. The van der Waals surface area contributed by atoms with Crippen molar-refractivity contribution < 1.29 is 19.1 Å². The Hall–Kier alpha value is -3.26. The van der Waals surface area contributed by atoms with E-state index in [4.69, 9.17) is 9.47 Å². The Labute approximate surface area is 166 Å². The molecule has 0 radical (unpaired) electrons. The van der Waals surface area contributed by atoms with Crippen LogP contribution >= 0.6 is 0 Å². The number of alkyl carbamates (subject to hydrolysis) is 1. The smallest absolute Gasteiger partial charge is 0.407 e. The molecule has 1 amide bonds. The van der Waals surface area contributed by atoms with Crippen molar-refractivity contribution in [2.75, 3.05) is 7.11 Å². The second-order valence-corrected chi connectivity index (χ2v) is 7.17. The Bertz CT molecular complexity index is 901. The predicted molar refractivity (Wildman–Crippen MR) is 108 cm³/mol. The number of nitrogens with one attached hydrogen (secondary N) is 1. The van der Waals surface area contributed by atoms with E-state index in [2.05, 4.69) is 17.2 Å². The molecule has 0 aliphatic rings. The summed E-state index contributed by atoms with van der Waals surface area (Å²) in [6, 6.07) is 15.0. The van der Waals surface area contributed by atoms with Crippen LogP contribution in [-0.4, -0.2) is 24.8 Å². The van der Waals surface area contributed by atoms with Gasteiger partial charge in [-0.1, -0.05) is 48.2 Å². The van der Waals surface area contributed by atoms with Crippen LogP contribution < -0.4 is 5.32 Å². The molecule has 0 aliphatic carbocycles. The van der Waals surface area contributed by atoms with Crippen LogP contribution in [0.4, 0.5) is 4.79 Å². The van der Waals surface area contributed by atoms with Crippen molar-refractivity contribution in [3.05, 3.63) is 70.8 Å². The van der Waals surface area contributed by atoms with Crippen molar-refractivity contribution in [3.8, 4) is 11.8 Å². The molecule has 2 aromatic carbocycles. The van der Waals surface area contributed by atoms with Crippen molar-refractivity contribution >= 4 is 12.1 Å². The summed E-state index contributed by atoms with van der Waals surface area (Å²) in [6.45, 7) is 5.76. The molecule has 1 N–H and O–H groups in total. The van der Waals surface area contributed by atoms with E-state index in [1.165, 1.54) is 7.11 Å². The zero-order valence-corrected chi connectivity index (χ0v) is 16.7. The number of methoxy groups -OCH3 is 1. The topological polar surface area (TPSA) is 64.6 Å². The first-order chi connectivity index (χ1) is 13.3. The van der Waals surface area contributed by atoms with Crippen LogP contribution in [0.3, 0.4) is 0 Å². The number of hydrogen-bond donors (Lipinski definition) is 1. The number of benzene rings is 2. The van der Waals surface area contributed by atoms with E-state index < -0.39 is 11.7 Å². The third-order valence-corrected chi connectivity index (χ3v) is 3.75. The van der Waals surface area contributed by atoms with Gasteiger partial charge >= 0.3 is 12.1 Å². The van der Waals surface area contributed by atoms with Gasteiger partial charge in [-0.15, -0.1) is 0 Å². The Kier molecular flexibility index (Phi) is 7.22. The van der Waals surface area contributed by atoms with Gasteiger partial charge in [-0.05, 0) is 44.0 Å². The molecule has 146 valence electrons. The molecule has 0 saturated carbocycles. The Morgan fingerprint density at radius 2 is 1.46 bits per heavy atom. The highest BCUT2D eigenvalue weighted by molar-refractivity contribution is 5.73. The van der Waals surface area contributed by atoms with Crippen LogP contribution in [0.5, 0.6) is 0 Å². The van der Waals surface area contributed by atoms with Crippen molar-refractivity contribution in [1.29, 1.82) is 0 Å². The van der Waals surface area contributed by atoms with Gasteiger partial charge in [-0.25, -0.2) is 4.79 Å². The van der Waals surface area contributed by atoms with E-state index in [0.29, 0.717) is 6.54 Å². The number of amides is 1. The quantitative estimate of drug-likeness (QED) is 0.648. The highest BCUT2D eigenvalue weighted by atomic mass is 16.6. The molecule has 0 atom stereocenters. The summed E-state index contributed by atoms with van der Waals surface area (Å²) in [5, 5.41) is 2.75. The second kappa shape index (κ2) is 9.61. The average Bonchev–Trinajstić information content (AvgIpc) is 2.65. The van der Waals surface area contributed by atoms with Gasteiger partial charge in [0.1, 0.15) is 5.60 Å². The largest absolute Gasteiger partial charge is 0.469 e. The molecule has 2 rings (SSSR count). The SMILES string of the molecule is COC(=O)Cc1ccccc1C#Cc1ccccc1CNC(=O)OC(C)(C)C. The summed E-state index contributed by atoms with van der Waals surface area (Å²) in [4.78, 5) is 23.5. The van der Waals surface area contributed by atoms with E-state index in [1.807, 2.05) is 69.3 Å². The van der Waals surface area contributed by atoms with E-state index in [1.54, 1.807) is 0 Å². The highest BCUT2D eigenvalue weighted by Gasteiger charge is 2.16. The summed E-state index contributed by atoms with van der Waals surface area (Å²) in [6.07, 6.45) is -0.304. The fraction of sp³-hybridized carbons (Fsp3) is 0.304. The van der Waals surface area contributed by atoms with E-state index >= 15 is 0 Å². The lowest BCUT2D eigenvalue weighted by molar-refractivity contribution is -0.139. The fourth-order valence-electron chi connectivity index (χ4n) is 2.44. The Morgan fingerprint density at radius 3 is 2.04 bits per heavy atom. The van der Waals surface area contributed by atoms with Crippen molar-refractivity contribution in [1.82, 2.24) is 5.32 Å². The molecule has 28 heavy (non-hydrogen) atoms. The van der Waals surface area contributed by atoms with Crippen LogP contribution in [0.2, 0.25) is 0 Å². The zero-order chi connectivity index (χ0) is 20.6. The molecule has 0 saturated heterocycles. The summed E-state index contributed by atoms with van der Waals surface area (Å²) >= 11 is 0. The molecular formula is C23H25NO4. The minimum absolute atomic E-state index is 0.170. The second-order valence-electron chi connectivity index (χ2n) is 7.17. The molecule has 0 spiro atoms. The summed E-state index contributed by atoms with van der Waals surface area (Å²) in [7, 11) is 1.37. The van der Waals surface area contributed by atoms with Crippen LogP contribution in [0.25, 0.3) is 0 Å². The number of esters is 1. The first-order valence-corrected chi connectivity index (χ1v) is 9.00. The van der Waals surface area contributed by atoms with Gasteiger partial charge in [0.25, 0.3) is 0 Å². The zero-order valence-electron chi connectivity index (χ0n) is 16.7. The lowest BCUT2D eigenvalue weighted by atomic mass is 10.0. The summed E-state index contributed by atoms with van der Waals surface area (Å²) in [5.41, 5.74) is 2.71. The number of ether oxygens (including phenoxy) is 2. The third-order valence-electron chi connectivity index (χ3n) is 3.75. The summed E-state index contributed by atoms with van der Waals surface area (Å²) < 4.78 is 10.0. The average molecular weight is 379 g/mol. The molecule has 0 unspecified atom stereocenters. The fourth-order valence-corrected chi connectivity index (χ4v) is 2.44. The molecule has 0 heterocycles. The summed E-state index contributed by atoms with van der Waals surface area (Å²) in [5.74, 6) is 5.95. The van der Waals surface area contributed by atoms with E-state index in [-0.39, 0.29) is 12.4 Å². The van der Waals surface area contributed by atoms with Gasteiger partial charge in [0, 0.05) is 17.7 Å². The minimum atomic E-state index is -0.549. The molecule has 0 bridgehead atoms. The molecular weight excluding hydrogens is 354 g/mol. The monoisotopic (exact) mass is 379 g/mol. The van der Waals surface area contributed by atoms with Crippen LogP contribution in [-0.2, 0) is 27.2 Å². The Balaban J connectivity index is 2.17. The van der Waals surface area contributed by atoms with Crippen LogP contribution in [0, 0.1) is 11.8 Å². The van der Waals surface area contributed by atoms with Crippen molar-refractivity contribution in [3.63, 3.8) is 0 Å². The maximum Gasteiger partial charge on any atom is 0.407 e. The molecule has 2 aromatic rings. The lowest BCUT2D eigenvalue weighted by Gasteiger charge is -2.19. The normalized spacial score (nSPS) is 10.4. The lowest BCUT2D eigenvalue weighted by Crippen LogP contribution is -2.32. The predicted octanol–water partition coefficient (Wildman–Crippen LogP) is 3.83. The molecule has 0 aliphatic heterocycles. The van der Waals surface area contributed by atoms with Gasteiger partial charge in [0.2, 0.25) is 0 Å². The van der Waals surface area contributed by atoms with Crippen LogP contribution in [0.15, 0.2) is 48.5 Å². The Morgan fingerprint density at radius 1 is 0.929 bits per heavy atom. The van der Waals surface area contributed by atoms with E-state index in [0.717, 1.165) is 22.3 Å². The maximum absolute atomic E-state index is 11.9. The first kappa shape index (κ1) is 21.0. The molecule has 5 heteroatoms. The van der Waals surface area contributed by atoms with E-state index in [9.17, 15) is 9.59 Å². The minimum Gasteiger partial charge on any atom is -0.469 e. The molecule has 0 fully saturated rings. The molecule has 5 nitrogen and oxygen atoms in total. The number of carbonyl (C=O) groups is 2. The highest BCUT2D eigenvalue weighted by Crippen LogP contribution is 2.12. The van der Waals surface area contributed by atoms with Gasteiger partial charge in [-0.3, -0.25) is 4.79 Å². The van der Waals surface area contributed by atoms with Crippen LogP contribution in [0.1, 0.15) is 43.0 Å².